The molecule has 0 radical (unpaired) electrons. The zero-order valence-corrected chi connectivity index (χ0v) is 15.4. The van der Waals surface area contributed by atoms with Gasteiger partial charge in [0.2, 0.25) is 12.0 Å². The van der Waals surface area contributed by atoms with Gasteiger partial charge in [0.05, 0.1) is 27.4 Å². The van der Waals surface area contributed by atoms with Crippen molar-refractivity contribution in [1.82, 2.24) is 0 Å². The summed E-state index contributed by atoms with van der Waals surface area (Å²) in [4.78, 5) is 0. The zero-order chi connectivity index (χ0) is 20.0. The number of hydrogen-bond acceptors (Lipinski definition) is 9. The molecule has 9 heteroatoms. The van der Waals surface area contributed by atoms with Crippen LogP contribution in [0.15, 0.2) is 18.2 Å². The molecule has 9 nitrogen and oxygen atoms in total. The summed E-state index contributed by atoms with van der Waals surface area (Å²) in [5, 5.41) is 39.2. The molecule has 0 amide bonds. The van der Waals surface area contributed by atoms with Crippen LogP contribution in [0, 0.1) is 0 Å². The Balaban J connectivity index is 2.31. The Hall–Kier alpha value is -1.88. The summed E-state index contributed by atoms with van der Waals surface area (Å²) in [5.74, 6) is 0.764. The Bertz CT molecular complexity index is 606. The van der Waals surface area contributed by atoms with Crippen LogP contribution in [0.4, 0.5) is 0 Å². The Morgan fingerprint density at radius 1 is 1.00 bits per heavy atom. The largest absolute Gasteiger partial charge is 0.493 e. The number of aliphatic hydroxyl groups is 4. The lowest BCUT2D eigenvalue weighted by Crippen LogP contribution is -2.60. The number of ether oxygens (including phenoxy) is 5. The van der Waals surface area contributed by atoms with E-state index in [1.54, 1.807) is 19.2 Å². The van der Waals surface area contributed by atoms with Crippen LogP contribution in [-0.2, 0) is 9.47 Å². The van der Waals surface area contributed by atoms with Gasteiger partial charge in [-0.25, -0.2) is 0 Å². The molecule has 0 spiro atoms. The summed E-state index contributed by atoms with van der Waals surface area (Å²) >= 11 is 0. The predicted molar refractivity (Wildman–Crippen MR) is 94.9 cm³/mol. The first-order valence-electron chi connectivity index (χ1n) is 8.35. The van der Waals surface area contributed by atoms with Gasteiger partial charge in [-0.2, -0.15) is 0 Å². The van der Waals surface area contributed by atoms with E-state index in [2.05, 4.69) is 0 Å². The standard InChI is InChI=1S/C18H26O9/c1-23-6-4-5-10-7-11(24-2)17(12(8-10)25-3)27-18-16(22)15(21)14(20)13(9-19)26-18/h4-5,7-8,13-16,18-22H,6,9H2,1-3H3/b5-4-. The molecule has 1 saturated heterocycles. The molecule has 1 aliphatic rings. The Morgan fingerprint density at radius 2 is 1.63 bits per heavy atom. The molecule has 1 fully saturated rings. The van der Waals surface area contributed by atoms with Crippen LogP contribution in [0.3, 0.4) is 0 Å². The number of benzene rings is 1. The van der Waals surface area contributed by atoms with Crippen molar-refractivity contribution in [3.05, 3.63) is 23.8 Å². The van der Waals surface area contributed by atoms with E-state index in [0.29, 0.717) is 18.1 Å². The van der Waals surface area contributed by atoms with Gasteiger partial charge in [0.15, 0.2) is 11.5 Å². The van der Waals surface area contributed by atoms with Crippen LogP contribution in [-0.4, -0.2) is 85.7 Å². The predicted octanol–water partition coefficient (Wildman–Crippen LogP) is -0.458. The van der Waals surface area contributed by atoms with Crippen LogP contribution in [0.5, 0.6) is 17.2 Å². The summed E-state index contributed by atoms with van der Waals surface area (Å²) in [7, 11) is 4.47. The highest BCUT2D eigenvalue weighted by atomic mass is 16.7. The molecule has 1 aromatic rings. The van der Waals surface area contributed by atoms with E-state index in [1.807, 2.05) is 12.2 Å². The highest BCUT2D eigenvalue weighted by molar-refractivity contribution is 5.62. The molecule has 5 atom stereocenters. The first-order chi connectivity index (χ1) is 13.0. The van der Waals surface area contributed by atoms with Gasteiger partial charge in [0.25, 0.3) is 0 Å². The minimum absolute atomic E-state index is 0.147. The average molecular weight is 386 g/mol. The highest BCUT2D eigenvalue weighted by Gasteiger charge is 2.45. The van der Waals surface area contributed by atoms with Crippen LogP contribution in [0.2, 0.25) is 0 Å². The third-order valence-electron chi connectivity index (χ3n) is 4.14. The summed E-state index contributed by atoms with van der Waals surface area (Å²) in [6.45, 7) is -0.115. The maximum absolute atomic E-state index is 10.2. The Labute approximate surface area is 157 Å². The monoisotopic (exact) mass is 386 g/mol. The first kappa shape index (κ1) is 21.4. The molecule has 0 aromatic heterocycles. The van der Waals surface area contributed by atoms with Crippen LogP contribution in [0.25, 0.3) is 6.08 Å². The molecule has 27 heavy (non-hydrogen) atoms. The SMILES string of the molecule is COC/C=C\c1cc(OC)c(OC2OC(CO)C(O)C(O)C2O)c(OC)c1. The molecule has 1 heterocycles. The van der Waals surface area contributed by atoms with E-state index in [4.69, 9.17) is 23.7 Å². The number of hydrogen-bond donors (Lipinski definition) is 4. The summed E-state index contributed by atoms with van der Waals surface area (Å²) in [6.07, 6.45) is -3.37. The number of aliphatic hydroxyl groups excluding tert-OH is 4. The highest BCUT2D eigenvalue weighted by Crippen LogP contribution is 2.40. The van der Waals surface area contributed by atoms with Crippen molar-refractivity contribution in [2.75, 3.05) is 34.5 Å². The maximum atomic E-state index is 10.2. The second-order valence-electron chi connectivity index (χ2n) is 5.93. The molecule has 152 valence electrons. The molecule has 0 aliphatic carbocycles. The van der Waals surface area contributed by atoms with Crippen LogP contribution < -0.4 is 14.2 Å². The molecular weight excluding hydrogens is 360 g/mol. The van der Waals surface area contributed by atoms with E-state index in [0.717, 1.165) is 5.56 Å². The second-order valence-corrected chi connectivity index (χ2v) is 5.93. The van der Waals surface area contributed by atoms with Gasteiger partial charge in [-0.15, -0.1) is 0 Å². The normalized spacial score (nSPS) is 28.3. The lowest BCUT2D eigenvalue weighted by atomic mass is 9.99. The number of methoxy groups -OCH3 is 3. The molecule has 1 aromatic carbocycles. The number of rotatable bonds is 8. The van der Waals surface area contributed by atoms with Gasteiger partial charge in [-0.3, -0.25) is 0 Å². The van der Waals surface area contributed by atoms with Gasteiger partial charge < -0.3 is 44.1 Å². The topological polar surface area (TPSA) is 127 Å². The van der Waals surface area contributed by atoms with Crippen molar-refractivity contribution in [3.8, 4) is 17.2 Å². The van der Waals surface area contributed by atoms with Crippen molar-refractivity contribution >= 4 is 6.08 Å². The second kappa shape index (κ2) is 9.88. The molecule has 1 aliphatic heterocycles. The Morgan fingerprint density at radius 3 is 2.15 bits per heavy atom. The molecule has 0 saturated carbocycles. The van der Waals surface area contributed by atoms with Gasteiger partial charge >= 0.3 is 0 Å². The van der Waals surface area contributed by atoms with E-state index in [-0.39, 0.29) is 5.75 Å². The van der Waals surface area contributed by atoms with Crippen LogP contribution >= 0.6 is 0 Å². The first-order valence-corrected chi connectivity index (χ1v) is 8.35. The minimum atomic E-state index is -1.55. The Kier molecular flexibility index (Phi) is 7.84. The summed E-state index contributed by atoms with van der Waals surface area (Å²) in [6, 6.07) is 3.38. The van der Waals surface area contributed by atoms with Gasteiger partial charge in [-0.05, 0) is 17.7 Å². The zero-order valence-electron chi connectivity index (χ0n) is 15.4. The molecule has 5 unspecified atom stereocenters. The third kappa shape index (κ3) is 4.89. The van der Waals surface area contributed by atoms with Gasteiger partial charge in [-0.1, -0.05) is 12.2 Å². The van der Waals surface area contributed by atoms with Gasteiger partial charge in [0, 0.05) is 7.11 Å². The van der Waals surface area contributed by atoms with Crippen molar-refractivity contribution in [3.63, 3.8) is 0 Å². The summed E-state index contributed by atoms with van der Waals surface area (Å²) in [5.41, 5.74) is 0.766. The third-order valence-corrected chi connectivity index (χ3v) is 4.14. The lowest BCUT2D eigenvalue weighted by Gasteiger charge is -2.39. The maximum Gasteiger partial charge on any atom is 0.229 e. The molecule has 2 rings (SSSR count). The van der Waals surface area contributed by atoms with E-state index in [1.165, 1.54) is 14.2 Å². The fourth-order valence-corrected chi connectivity index (χ4v) is 2.67. The van der Waals surface area contributed by atoms with Crippen molar-refractivity contribution in [2.24, 2.45) is 0 Å². The average Bonchev–Trinajstić information content (AvgIpc) is 2.68. The van der Waals surface area contributed by atoms with Crippen molar-refractivity contribution < 1.29 is 44.1 Å². The van der Waals surface area contributed by atoms with Crippen molar-refractivity contribution in [1.29, 1.82) is 0 Å². The molecular formula is C18H26O9. The fourth-order valence-electron chi connectivity index (χ4n) is 2.67. The van der Waals surface area contributed by atoms with Gasteiger partial charge in [0.1, 0.15) is 24.4 Å². The molecule has 0 bridgehead atoms. The van der Waals surface area contributed by atoms with Crippen molar-refractivity contribution in [2.45, 2.75) is 30.7 Å². The van der Waals surface area contributed by atoms with Crippen LogP contribution in [0.1, 0.15) is 5.56 Å². The quantitative estimate of drug-likeness (QED) is 0.469. The van der Waals surface area contributed by atoms with E-state index >= 15 is 0 Å². The molecule has 4 N–H and O–H groups in total. The lowest BCUT2D eigenvalue weighted by molar-refractivity contribution is -0.277. The minimum Gasteiger partial charge on any atom is -0.493 e. The smallest absolute Gasteiger partial charge is 0.229 e. The van der Waals surface area contributed by atoms with E-state index < -0.39 is 37.3 Å². The fraction of sp³-hybridized carbons (Fsp3) is 0.556. The van der Waals surface area contributed by atoms with E-state index in [9.17, 15) is 20.4 Å². The summed E-state index contributed by atoms with van der Waals surface area (Å²) < 4.78 is 26.7.